The third-order valence-electron chi connectivity index (χ3n) is 3.87. The molecule has 1 rings (SSSR count). The summed E-state index contributed by atoms with van der Waals surface area (Å²) in [6, 6.07) is 0. The maximum atomic E-state index is 5.94. The van der Waals surface area contributed by atoms with E-state index in [1.165, 1.54) is 19.3 Å². The second-order valence-corrected chi connectivity index (χ2v) is 4.70. The molecule has 1 aliphatic heterocycles. The molecule has 90 valence electrons. The molecule has 2 unspecified atom stereocenters. The van der Waals surface area contributed by atoms with Crippen molar-refractivity contribution in [2.75, 3.05) is 26.7 Å². The molecule has 15 heavy (non-hydrogen) atoms. The molecule has 0 amide bonds. The Kier molecular flexibility index (Phi) is 5.03. The van der Waals surface area contributed by atoms with E-state index in [0.29, 0.717) is 6.54 Å². The van der Waals surface area contributed by atoms with Crippen LogP contribution in [-0.4, -0.2) is 43.3 Å². The highest BCUT2D eigenvalue weighted by Gasteiger charge is 2.43. The zero-order chi connectivity index (χ0) is 11.3. The Balaban J connectivity index is 2.49. The van der Waals surface area contributed by atoms with Crippen molar-refractivity contribution >= 4 is 0 Å². The molecule has 0 bridgehead atoms. The van der Waals surface area contributed by atoms with Gasteiger partial charge in [-0.3, -0.25) is 4.90 Å². The molecule has 0 aromatic heterocycles. The first-order valence-corrected chi connectivity index (χ1v) is 6.20. The topological polar surface area (TPSA) is 38.5 Å². The lowest BCUT2D eigenvalue weighted by Crippen LogP contribution is -2.56. The van der Waals surface area contributed by atoms with E-state index in [0.717, 1.165) is 19.6 Å². The Morgan fingerprint density at radius 2 is 2.20 bits per heavy atom. The number of ether oxygens (including phenoxy) is 1. The maximum Gasteiger partial charge on any atom is 0.0743 e. The normalized spacial score (nSPS) is 31.4. The summed E-state index contributed by atoms with van der Waals surface area (Å²) >= 11 is 0. The van der Waals surface area contributed by atoms with Gasteiger partial charge in [-0.25, -0.2) is 0 Å². The van der Waals surface area contributed by atoms with E-state index in [1.807, 2.05) is 0 Å². The summed E-state index contributed by atoms with van der Waals surface area (Å²) in [5, 5.41) is 0. The van der Waals surface area contributed by atoms with E-state index in [2.05, 4.69) is 25.8 Å². The van der Waals surface area contributed by atoms with Crippen molar-refractivity contribution in [3.63, 3.8) is 0 Å². The Hall–Kier alpha value is -0.120. The fraction of sp³-hybridized carbons (Fsp3) is 1.00. The highest BCUT2D eigenvalue weighted by molar-refractivity contribution is 4.99. The molecule has 1 saturated heterocycles. The average Bonchev–Trinajstić information content (AvgIpc) is 2.61. The van der Waals surface area contributed by atoms with Crippen LogP contribution in [0.3, 0.4) is 0 Å². The van der Waals surface area contributed by atoms with Gasteiger partial charge < -0.3 is 10.5 Å². The zero-order valence-corrected chi connectivity index (χ0v) is 10.5. The van der Waals surface area contributed by atoms with E-state index in [1.54, 1.807) is 0 Å². The quantitative estimate of drug-likeness (QED) is 0.683. The first-order valence-electron chi connectivity index (χ1n) is 6.20. The predicted octanol–water partition coefficient (Wildman–Crippen LogP) is 1.61. The van der Waals surface area contributed by atoms with E-state index in [4.69, 9.17) is 10.5 Å². The third kappa shape index (κ3) is 2.71. The van der Waals surface area contributed by atoms with Crippen LogP contribution in [-0.2, 0) is 4.74 Å². The Morgan fingerprint density at radius 3 is 2.67 bits per heavy atom. The van der Waals surface area contributed by atoms with Crippen molar-refractivity contribution in [3.8, 4) is 0 Å². The summed E-state index contributed by atoms with van der Waals surface area (Å²) in [5.41, 5.74) is 6.03. The van der Waals surface area contributed by atoms with Crippen LogP contribution < -0.4 is 5.73 Å². The van der Waals surface area contributed by atoms with Crippen LogP contribution in [0.1, 0.15) is 39.5 Å². The van der Waals surface area contributed by atoms with Crippen LogP contribution in [0.5, 0.6) is 0 Å². The van der Waals surface area contributed by atoms with E-state index in [-0.39, 0.29) is 11.6 Å². The van der Waals surface area contributed by atoms with Crippen LogP contribution >= 0.6 is 0 Å². The standard InChI is InChI=1S/C12H26N2O/c1-4-5-6-8-14(3)12(10-13)7-9-15-11(12)2/h11H,4-10,13H2,1-3H3. The molecule has 1 heterocycles. The van der Waals surface area contributed by atoms with Crippen molar-refractivity contribution in [1.82, 2.24) is 4.90 Å². The fourth-order valence-corrected chi connectivity index (χ4v) is 2.52. The number of nitrogens with zero attached hydrogens (tertiary/aromatic N) is 1. The first kappa shape index (κ1) is 12.9. The van der Waals surface area contributed by atoms with E-state index in [9.17, 15) is 0 Å². The van der Waals surface area contributed by atoms with Gasteiger partial charge in [0.15, 0.2) is 0 Å². The minimum Gasteiger partial charge on any atom is -0.376 e. The van der Waals surface area contributed by atoms with Gasteiger partial charge in [0.1, 0.15) is 0 Å². The van der Waals surface area contributed by atoms with Crippen LogP contribution in [0.2, 0.25) is 0 Å². The van der Waals surface area contributed by atoms with Crippen LogP contribution in [0.25, 0.3) is 0 Å². The summed E-state index contributed by atoms with van der Waals surface area (Å²) in [5.74, 6) is 0. The molecule has 0 spiro atoms. The minimum absolute atomic E-state index is 0.0910. The summed E-state index contributed by atoms with van der Waals surface area (Å²) in [6.07, 6.45) is 5.19. The molecule has 3 nitrogen and oxygen atoms in total. The van der Waals surface area contributed by atoms with Crippen molar-refractivity contribution < 1.29 is 4.74 Å². The minimum atomic E-state index is 0.0910. The lowest BCUT2D eigenvalue weighted by molar-refractivity contribution is 0.0277. The largest absolute Gasteiger partial charge is 0.376 e. The molecule has 0 saturated carbocycles. The average molecular weight is 214 g/mol. The molecular formula is C12H26N2O. The summed E-state index contributed by atoms with van der Waals surface area (Å²) in [4.78, 5) is 2.42. The second-order valence-electron chi connectivity index (χ2n) is 4.70. The molecule has 3 heteroatoms. The van der Waals surface area contributed by atoms with Gasteiger partial charge in [0.05, 0.1) is 11.6 Å². The lowest BCUT2D eigenvalue weighted by atomic mass is 9.90. The number of likely N-dealkylation sites (N-methyl/N-ethyl adjacent to an activating group) is 1. The number of nitrogens with two attached hydrogens (primary N) is 1. The fourth-order valence-electron chi connectivity index (χ4n) is 2.52. The Labute approximate surface area is 94.0 Å². The SMILES string of the molecule is CCCCCN(C)C1(CN)CCOC1C. The molecule has 0 aliphatic carbocycles. The maximum absolute atomic E-state index is 5.94. The number of rotatable bonds is 6. The zero-order valence-electron chi connectivity index (χ0n) is 10.5. The van der Waals surface area contributed by atoms with Crippen LogP contribution in [0.4, 0.5) is 0 Å². The van der Waals surface area contributed by atoms with Crippen LogP contribution in [0.15, 0.2) is 0 Å². The molecule has 1 fully saturated rings. The lowest BCUT2D eigenvalue weighted by Gasteiger charge is -2.40. The predicted molar refractivity (Wildman–Crippen MR) is 64.0 cm³/mol. The van der Waals surface area contributed by atoms with Gasteiger partial charge in [0.25, 0.3) is 0 Å². The molecule has 0 aromatic rings. The monoisotopic (exact) mass is 214 g/mol. The summed E-state index contributed by atoms with van der Waals surface area (Å²) < 4.78 is 5.67. The number of hydrogen-bond donors (Lipinski definition) is 1. The summed E-state index contributed by atoms with van der Waals surface area (Å²) in [6.45, 7) is 7.09. The molecule has 1 aliphatic rings. The Morgan fingerprint density at radius 1 is 1.47 bits per heavy atom. The van der Waals surface area contributed by atoms with Gasteiger partial charge in [-0.2, -0.15) is 0 Å². The van der Waals surface area contributed by atoms with Crippen molar-refractivity contribution in [1.29, 1.82) is 0 Å². The van der Waals surface area contributed by atoms with Gasteiger partial charge in [0, 0.05) is 13.2 Å². The van der Waals surface area contributed by atoms with E-state index < -0.39 is 0 Å². The molecule has 0 aromatic carbocycles. The third-order valence-corrected chi connectivity index (χ3v) is 3.87. The van der Waals surface area contributed by atoms with Gasteiger partial charge >= 0.3 is 0 Å². The highest BCUT2D eigenvalue weighted by Crippen LogP contribution is 2.30. The molecule has 0 radical (unpaired) electrons. The van der Waals surface area contributed by atoms with Crippen molar-refractivity contribution in [2.45, 2.75) is 51.2 Å². The molecule has 2 atom stereocenters. The van der Waals surface area contributed by atoms with Gasteiger partial charge in [-0.05, 0) is 33.4 Å². The first-order chi connectivity index (χ1) is 7.17. The number of unbranched alkanes of at least 4 members (excludes halogenated alkanes) is 2. The van der Waals surface area contributed by atoms with Crippen LogP contribution in [0, 0.1) is 0 Å². The van der Waals surface area contributed by atoms with Crippen molar-refractivity contribution in [2.24, 2.45) is 5.73 Å². The Bertz CT molecular complexity index is 186. The number of hydrogen-bond acceptors (Lipinski definition) is 3. The second kappa shape index (κ2) is 5.83. The molecule has 2 N–H and O–H groups in total. The smallest absolute Gasteiger partial charge is 0.0743 e. The van der Waals surface area contributed by atoms with Crippen molar-refractivity contribution in [3.05, 3.63) is 0 Å². The van der Waals surface area contributed by atoms with Gasteiger partial charge in [-0.1, -0.05) is 19.8 Å². The summed E-state index contributed by atoms with van der Waals surface area (Å²) in [7, 11) is 2.19. The van der Waals surface area contributed by atoms with Gasteiger partial charge in [0.2, 0.25) is 0 Å². The van der Waals surface area contributed by atoms with E-state index >= 15 is 0 Å². The molecular weight excluding hydrogens is 188 g/mol. The highest BCUT2D eigenvalue weighted by atomic mass is 16.5. The van der Waals surface area contributed by atoms with Gasteiger partial charge in [-0.15, -0.1) is 0 Å².